The van der Waals surface area contributed by atoms with Crippen molar-refractivity contribution >= 4 is 44.7 Å². The predicted octanol–water partition coefficient (Wildman–Crippen LogP) is 2.04. The lowest BCUT2D eigenvalue weighted by atomic mass is 9.75. The number of amides is 1. The van der Waals surface area contributed by atoms with Crippen molar-refractivity contribution in [3.63, 3.8) is 0 Å². The lowest BCUT2D eigenvalue weighted by Gasteiger charge is -2.26. The zero-order valence-corrected chi connectivity index (χ0v) is 15.7. The Kier molecular flexibility index (Phi) is 5.77. The zero-order chi connectivity index (χ0) is 18.8. The SMILES string of the molecule is CC(=O)[C@](C#N)(CC(=O)N[C@H]1CCS(=O)(=O)C1)c1c(Cl)cccc1Cl. The second-order valence-electron chi connectivity index (χ2n) is 6.01. The number of rotatable bonds is 5. The molecule has 25 heavy (non-hydrogen) atoms. The van der Waals surface area contributed by atoms with Gasteiger partial charge >= 0.3 is 0 Å². The molecular formula is C16H16Cl2N2O4S. The number of carbonyl (C=O) groups is 2. The molecule has 0 aromatic heterocycles. The highest BCUT2D eigenvalue weighted by Crippen LogP contribution is 2.39. The summed E-state index contributed by atoms with van der Waals surface area (Å²) in [5.74, 6) is -1.32. The van der Waals surface area contributed by atoms with Crippen molar-refractivity contribution in [1.29, 1.82) is 5.26 Å². The van der Waals surface area contributed by atoms with Crippen LogP contribution < -0.4 is 5.32 Å². The number of nitrogens with one attached hydrogen (secondary N) is 1. The van der Waals surface area contributed by atoms with Gasteiger partial charge in [-0.1, -0.05) is 29.3 Å². The van der Waals surface area contributed by atoms with Crippen molar-refractivity contribution in [2.45, 2.75) is 31.2 Å². The van der Waals surface area contributed by atoms with E-state index in [0.29, 0.717) is 6.42 Å². The number of Topliss-reactive ketones (excluding diaryl/α,β-unsaturated/α-hetero) is 1. The van der Waals surface area contributed by atoms with Gasteiger partial charge in [0.15, 0.2) is 21.0 Å². The summed E-state index contributed by atoms with van der Waals surface area (Å²) in [6.07, 6.45) is -0.181. The second-order valence-corrected chi connectivity index (χ2v) is 9.06. The summed E-state index contributed by atoms with van der Waals surface area (Å²) in [5, 5.41) is 12.5. The van der Waals surface area contributed by atoms with Crippen molar-refractivity contribution < 1.29 is 18.0 Å². The molecule has 1 heterocycles. The molecule has 9 heteroatoms. The van der Waals surface area contributed by atoms with Gasteiger partial charge in [-0.25, -0.2) is 8.42 Å². The maximum absolute atomic E-state index is 12.4. The summed E-state index contributed by atoms with van der Waals surface area (Å²) in [4.78, 5) is 24.7. The first-order chi connectivity index (χ1) is 11.6. The largest absolute Gasteiger partial charge is 0.352 e. The molecule has 0 bridgehead atoms. The summed E-state index contributed by atoms with van der Waals surface area (Å²) in [6, 6.07) is 5.90. The van der Waals surface area contributed by atoms with Crippen LogP contribution in [0.1, 0.15) is 25.3 Å². The first-order valence-corrected chi connectivity index (χ1v) is 10.1. The number of hydrogen-bond acceptors (Lipinski definition) is 5. The van der Waals surface area contributed by atoms with E-state index in [2.05, 4.69) is 5.32 Å². The first-order valence-electron chi connectivity index (χ1n) is 7.48. The third kappa shape index (κ3) is 4.14. The van der Waals surface area contributed by atoms with Crippen LogP contribution in [0.4, 0.5) is 0 Å². The van der Waals surface area contributed by atoms with E-state index in [9.17, 15) is 23.3 Å². The fraction of sp³-hybridized carbons (Fsp3) is 0.438. The Hall–Kier alpha value is -1.62. The molecule has 1 aromatic carbocycles. The highest BCUT2D eigenvalue weighted by molar-refractivity contribution is 7.91. The molecule has 1 saturated heterocycles. The number of nitriles is 1. The van der Waals surface area contributed by atoms with Crippen molar-refractivity contribution in [2.24, 2.45) is 0 Å². The predicted molar refractivity (Wildman–Crippen MR) is 94.3 cm³/mol. The number of ketones is 1. The van der Waals surface area contributed by atoms with Gasteiger partial charge in [0.2, 0.25) is 5.91 Å². The standard InChI is InChI=1S/C16H16Cl2N2O4S/c1-10(21)16(9-19,15-12(17)3-2-4-13(15)18)7-14(22)20-11-5-6-25(23,24)8-11/h2-4,11H,5-8H2,1H3,(H,20,22)/t11-,16+/m0/s1. The number of hydrogen-bond donors (Lipinski definition) is 1. The molecule has 0 aliphatic carbocycles. The van der Waals surface area contributed by atoms with E-state index in [1.165, 1.54) is 19.1 Å². The van der Waals surface area contributed by atoms with Gasteiger partial charge in [0.25, 0.3) is 0 Å². The van der Waals surface area contributed by atoms with Crippen LogP contribution in [0.5, 0.6) is 0 Å². The summed E-state index contributed by atoms with van der Waals surface area (Å²) in [6.45, 7) is 1.19. The van der Waals surface area contributed by atoms with Crippen LogP contribution in [0, 0.1) is 11.3 Å². The van der Waals surface area contributed by atoms with Crippen LogP contribution in [0.15, 0.2) is 18.2 Å². The molecule has 6 nitrogen and oxygen atoms in total. The molecule has 2 rings (SSSR count). The van der Waals surface area contributed by atoms with Gasteiger partial charge in [-0.05, 0) is 25.5 Å². The van der Waals surface area contributed by atoms with Crippen molar-refractivity contribution in [1.82, 2.24) is 5.32 Å². The monoisotopic (exact) mass is 402 g/mol. The van der Waals surface area contributed by atoms with Gasteiger partial charge in [0.1, 0.15) is 0 Å². The number of sulfone groups is 1. The maximum Gasteiger partial charge on any atom is 0.222 e. The van der Waals surface area contributed by atoms with Crippen LogP contribution >= 0.6 is 23.2 Å². The third-order valence-corrected chi connectivity index (χ3v) is 6.60. The summed E-state index contributed by atoms with van der Waals surface area (Å²) in [5.41, 5.74) is -1.75. The zero-order valence-electron chi connectivity index (χ0n) is 13.4. The highest BCUT2D eigenvalue weighted by atomic mass is 35.5. The quantitative estimate of drug-likeness (QED) is 0.810. The van der Waals surface area contributed by atoms with Crippen LogP contribution in [-0.2, 0) is 24.8 Å². The van der Waals surface area contributed by atoms with Gasteiger partial charge in [-0.3, -0.25) is 9.59 Å². The van der Waals surface area contributed by atoms with Crippen LogP contribution in [0.2, 0.25) is 10.0 Å². The van der Waals surface area contributed by atoms with E-state index in [-0.39, 0.29) is 27.1 Å². The Morgan fingerprint density at radius 2 is 1.96 bits per heavy atom. The molecule has 0 spiro atoms. The smallest absolute Gasteiger partial charge is 0.222 e. The molecule has 1 N–H and O–H groups in total. The average Bonchev–Trinajstić information content (AvgIpc) is 2.84. The third-order valence-electron chi connectivity index (χ3n) is 4.20. The second kappa shape index (κ2) is 7.32. The maximum atomic E-state index is 12.4. The highest BCUT2D eigenvalue weighted by Gasteiger charge is 2.43. The minimum Gasteiger partial charge on any atom is -0.352 e. The molecule has 1 aliphatic heterocycles. The summed E-state index contributed by atoms with van der Waals surface area (Å²) < 4.78 is 23.0. The molecule has 1 aliphatic rings. The molecule has 0 saturated carbocycles. The van der Waals surface area contributed by atoms with E-state index in [1.54, 1.807) is 6.07 Å². The molecule has 0 radical (unpaired) electrons. The molecule has 2 atom stereocenters. The molecule has 1 amide bonds. The van der Waals surface area contributed by atoms with Crippen LogP contribution in [-0.4, -0.2) is 37.7 Å². The molecule has 1 fully saturated rings. The van der Waals surface area contributed by atoms with Gasteiger partial charge < -0.3 is 5.32 Å². The fourth-order valence-electron chi connectivity index (χ4n) is 2.90. The Morgan fingerprint density at radius 1 is 1.36 bits per heavy atom. The number of carbonyl (C=O) groups excluding carboxylic acids is 2. The fourth-order valence-corrected chi connectivity index (χ4v) is 5.29. The Bertz CT molecular complexity index is 843. The number of halogens is 2. The van der Waals surface area contributed by atoms with Crippen molar-refractivity contribution in [3.05, 3.63) is 33.8 Å². The van der Waals surface area contributed by atoms with E-state index in [4.69, 9.17) is 23.2 Å². The van der Waals surface area contributed by atoms with Crippen LogP contribution in [0.3, 0.4) is 0 Å². The lowest BCUT2D eigenvalue weighted by molar-refractivity contribution is -0.128. The van der Waals surface area contributed by atoms with E-state index < -0.39 is 39.4 Å². The lowest BCUT2D eigenvalue weighted by Crippen LogP contribution is -2.43. The van der Waals surface area contributed by atoms with Crippen molar-refractivity contribution in [3.8, 4) is 6.07 Å². The van der Waals surface area contributed by atoms with Gasteiger partial charge in [-0.2, -0.15) is 5.26 Å². The molecule has 0 unspecified atom stereocenters. The van der Waals surface area contributed by atoms with E-state index in [0.717, 1.165) is 0 Å². The normalized spacial score (nSPS) is 21.1. The summed E-state index contributed by atoms with van der Waals surface area (Å²) in [7, 11) is -3.16. The minimum atomic E-state index is -3.16. The molecular weight excluding hydrogens is 387 g/mol. The Labute approximate surface area is 156 Å². The molecule has 1 aromatic rings. The topological polar surface area (TPSA) is 104 Å². The molecule has 134 valence electrons. The van der Waals surface area contributed by atoms with Crippen LogP contribution in [0.25, 0.3) is 0 Å². The van der Waals surface area contributed by atoms with Crippen molar-refractivity contribution in [2.75, 3.05) is 11.5 Å². The van der Waals surface area contributed by atoms with Gasteiger partial charge in [0, 0.05) is 21.7 Å². The van der Waals surface area contributed by atoms with E-state index >= 15 is 0 Å². The summed E-state index contributed by atoms with van der Waals surface area (Å²) >= 11 is 12.3. The Morgan fingerprint density at radius 3 is 2.40 bits per heavy atom. The van der Waals surface area contributed by atoms with Gasteiger partial charge in [-0.15, -0.1) is 0 Å². The first kappa shape index (κ1) is 19.7. The minimum absolute atomic E-state index is 0.00435. The average molecular weight is 403 g/mol. The van der Waals surface area contributed by atoms with E-state index in [1.807, 2.05) is 6.07 Å². The number of nitrogens with zero attached hydrogens (tertiary/aromatic N) is 1. The van der Waals surface area contributed by atoms with Gasteiger partial charge in [0.05, 0.1) is 24.0 Å². The Balaban J connectivity index is 2.32. The number of benzene rings is 1.